The van der Waals surface area contributed by atoms with Gasteiger partial charge >= 0.3 is 0 Å². The van der Waals surface area contributed by atoms with Crippen LogP contribution in [0.1, 0.15) is 40.2 Å². The number of aromatic nitrogens is 1. The van der Waals surface area contributed by atoms with Gasteiger partial charge in [-0.1, -0.05) is 29.8 Å². The first-order chi connectivity index (χ1) is 12.4. The summed E-state index contributed by atoms with van der Waals surface area (Å²) in [5.41, 5.74) is 5.04. The summed E-state index contributed by atoms with van der Waals surface area (Å²) < 4.78 is 1.65. The molecule has 2 aromatic rings. The fraction of sp³-hybridized carbons (Fsp3) is 0.263. The Morgan fingerprint density at radius 1 is 1.00 bits per heavy atom. The molecule has 1 N–H and O–H groups in total. The maximum absolute atomic E-state index is 12.6. The standard InChI is InChI=1S/C19H19N3O4/c1-12-3-5-13(6-4-12)19(26)15-8-7-14(21(15)2)11-16(23)20-22-17(24)9-10-18(22)25/h3-8H,9-11H2,1-2H3,(H,20,23). The highest BCUT2D eigenvalue weighted by molar-refractivity contribution is 6.08. The Labute approximate surface area is 150 Å². The number of imide groups is 1. The summed E-state index contributed by atoms with van der Waals surface area (Å²) in [4.78, 5) is 47.9. The van der Waals surface area contributed by atoms with Gasteiger partial charge in [0.15, 0.2) is 0 Å². The average molecular weight is 353 g/mol. The summed E-state index contributed by atoms with van der Waals surface area (Å²) in [5, 5.41) is 0.767. The van der Waals surface area contributed by atoms with Crippen molar-refractivity contribution < 1.29 is 19.2 Å². The van der Waals surface area contributed by atoms with Gasteiger partial charge in [0.1, 0.15) is 0 Å². The minimum Gasteiger partial charge on any atom is -0.344 e. The van der Waals surface area contributed by atoms with E-state index in [0.717, 1.165) is 10.6 Å². The number of benzene rings is 1. The summed E-state index contributed by atoms with van der Waals surface area (Å²) in [6.07, 6.45) is 0.172. The number of hydrogen-bond donors (Lipinski definition) is 1. The lowest BCUT2D eigenvalue weighted by atomic mass is 10.1. The number of carbonyl (C=O) groups is 4. The summed E-state index contributed by atoms with van der Waals surface area (Å²) in [6, 6.07) is 10.6. The minimum absolute atomic E-state index is 0.0469. The molecule has 26 heavy (non-hydrogen) atoms. The maximum Gasteiger partial charge on any atom is 0.248 e. The van der Waals surface area contributed by atoms with Crippen LogP contribution in [0.25, 0.3) is 0 Å². The van der Waals surface area contributed by atoms with Crippen molar-refractivity contribution in [2.75, 3.05) is 0 Å². The lowest BCUT2D eigenvalue weighted by Gasteiger charge is -2.15. The average Bonchev–Trinajstić information content (AvgIpc) is 3.12. The monoisotopic (exact) mass is 353 g/mol. The van der Waals surface area contributed by atoms with Crippen LogP contribution in [0, 0.1) is 6.92 Å². The highest BCUT2D eigenvalue weighted by Crippen LogP contribution is 2.15. The molecule has 1 fully saturated rings. The molecule has 2 heterocycles. The molecule has 1 saturated heterocycles. The van der Waals surface area contributed by atoms with Gasteiger partial charge in [-0.25, -0.2) is 0 Å². The zero-order chi connectivity index (χ0) is 18.8. The zero-order valence-corrected chi connectivity index (χ0v) is 14.6. The highest BCUT2D eigenvalue weighted by atomic mass is 16.2. The van der Waals surface area contributed by atoms with Crippen molar-refractivity contribution in [3.05, 3.63) is 58.9 Å². The molecular weight excluding hydrogens is 334 g/mol. The summed E-state index contributed by atoms with van der Waals surface area (Å²) in [7, 11) is 1.70. The quantitative estimate of drug-likeness (QED) is 0.648. The van der Waals surface area contributed by atoms with Crippen LogP contribution >= 0.6 is 0 Å². The van der Waals surface area contributed by atoms with Gasteiger partial charge in [-0.3, -0.25) is 24.6 Å². The molecule has 3 amide bonds. The van der Waals surface area contributed by atoms with Crippen LogP contribution < -0.4 is 5.43 Å². The molecule has 7 heteroatoms. The van der Waals surface area contributed by atoms with Crippen molar-refractivity contribution in [1.82, 2.24) is 15.0 Å². The van der Waals surface area contributed by atoms with E-state index in [9.17, 15) is 19.2 Å². The number of hydrogen-bond acceptors (Lipinski definition) is 4. The Morgan fingerprint density at radius 2 is 1.62 bits per heavy atom. The van der Waals surface area contributed by atoms with Gasteiger partial charge in [-0.2, -0.15) is 5.01 Å². The third kappa shape index (κ3) is 3.42. The molecule has 3 rings (SSSR count). The van der Waals surface area contributed by atoms with Crippen LogP contribution in [0.15, 0.2) is 36.4 Å². The van der Waals surface area contributed by atoms with Crippen LogP contribution in [-0.4, -0.2) is 33.1 Å². The second kappa shape index (κ2) is 6.95. The Morgan fingerprint density at radius 3 is 2.23 bits per heavy atom. The third-order valence-corrected chi connectivity index (χ3v) is 4.40. The van der Waals surface area contributed by atoms with Crippen molar-refractivity contribution in [2.24, 2.45) is 7.05 Å². The van der Waals surface area contributed by atoms with Crippen molar-refractivity contribution in [3.8, 4) is 0 Å². The van der Waals surface area contributed by atoms with E-state index >= 15 is 0 Å². The van der Waals surface area contributed by atoms with E-state index in [4.69, 9.17) is 0 Å². The molecule has 0 aliphatic carbocycles. The molecule has 1 aliphatic rings. The number of rotatable bonds is 5. The van der Waals surface area contributed by atoms with E-state index in [0.29, 0.717) is 17.0 Å². The maximum atomic E-state index is 12.6. The van der Waals surface area contributed by atoms with E-state index in [1.54, 1.807) is 35.9 Å². The Hall–Kier alpha value is -3.22. The Bertz CT molecular complexity index is 880. The number of ketones is 1. The van der Waals surface area contributed by atoms with Gasteiger partial charge in [0.25, 0.3) is 0 Å². The minimum atomic E-state index is -0.482. The first kappa shape index (κ1) is 17.6. The van der Waals surface area contributed by atoms with E-state index in [1.807, 2.05) is 19.1 Å². The van der Waals surface area contributed by atoms with Crippen molar-refractivity contribution in [2.45, 2.75) is 26.2 Å². The van der Waals surface area contributed by atoms with Crippen LogP contribution in [-0.2, 0) is 27.9 Å². The summed E-state index contributed by atoms with van der Waals surface area (Å²) in [5.74, 6) is -1.44. The molecule has 1 aliphatic heterocycles. The smallest absolute Gasteiger partial charge is 0.248 e. The van der Waals surface area contributed by atoms with E-state index in [2.05, 4.69) is 5.43 Å². The summed E-state index contributed by atoms with van der Waals surface area (Å²) in [6.45, 7) is 1.95. The van der Waals surface area contributed by atoms with Gasteiger partial charge in [0, 0.05) is 31.1 Å². The summed E-state index contributed by atoms with van der Waals surface area (Å²) >= 11 is 0. The lowest BCUT2D eigenvalue weighted by molar-refractivity contribution is -0.147. The second-order valence-corrected chi connectivity index (χ2v) is 6.30. The second-order valence-electron chi connectivity index (χ2n) is 6.30. The number of nitrogens with one attached hydrogen (secondary N) is 1. The van der Waals surface area contributed by atoms with E-state index in [-0.39, 0.29) is 25.0 Å². The Balaban J connectivity index is 1.71. The number of aryl methyl sites for hydroxylation is 1. The van der Waals surface area contributed by atoms with Crippen LogP contribution in [0.2, 0.25) is 0 Å². The van der Waals surface area contributed by atoms with Crippen LogP contribution in [0.3, 0.4) is 0 Å². The SMILES string of the molecule is Cc1ccc(C(=O)c2ccc(CC(=O)NN3C(=O)CCC3=O)n2C)cc1. The molecule has 7 nitrogen and oxygen atoms in total. The predicted molar refractivity (Wildman–Crippen MR) is 93.0 cm³/mol. The fourth-order valence-electron chi connectivity index (χ4n) is 2.84. The first-order valence-corrected chi connectivity index (χ1v) is 8.28. The predicted octanol–water partition coefficient (Wildman–Crippen LogP) is 1.29. The highest BCUT2D eigenvalue weighted by Gasteiger charge is 2.30. The van der Waals surface area contributed by atoms with Crippen molar-refractivity contribution in [3.63, 3.8) is 0 Å². The molecular formula is C19H19N3O4. The van der Waals surface area contributed by atoms with Crippen molar-refractivity contribution in [1.29, 1.82) is 0 Å². The van der Waals surface area contributed by atoms with E-state index < -0.39 is 17.7 Å². The van der Waals surface area contributed by atoms with Gasteiger partial charge < -0.3 is 4.57 Å². The van der Waals surface area contributed by atoms with Crippen LogP contribution in [0.4, 0.5) is 0 Å². The largest absolute Gasteiger partial charge is 0.344 e. The molecule has 0 bridgehead atoms. The fourth-order valence-corrected chi connectivity index (χ4v) is 2.84. The van der Waals surface area contributed by atoms with Gasteiger partial charge in [0.05, 0.1) is 12.1 Å². The molecule has 134 valence electrons. The first-order valence-electron chi connectivity index (χ1n) is 8.28. The number of amides is 3. The number of hydrazine groups is 1. The molecule has 0 atom stereocenters. The number of carbonyl (C=O) groups excluding carboxylic acids is 4. The molecule has 0 spiro atoms. The number of nitrogens with zero attached hydrogens (tertiary/aromatic N) is 2. The van der Waals surface area contributed by atoms with E-state index in [1.165, 1.54) is 0 Å². The third-order valence-electron chi connectivity index (χ3n) is 4.40. The van der Waals surface area contributed by atoms with Crippen molar-refractivity contribution >= 4 is 23.5 Å². The topological polar surface area (TPSA) is 88.5 Å². The van der Waals surface area contributed by atoms with Gasteiger partial charge in [0.2, 0.25) is 23.5 Å². The molecule has 0 radical (unpaired) electrons. The molecule has 0 saturated carbocycles. The van der Waals surface area contributed by atoms with Gasteiger partial charge in [-0.05, 0) is 19.1 Å². The Kier molecular flexibility index (Phi) is 4.71. The van der Waals surface area contributed by atoms with Gasteiger partial charge in [-0.15, -0.1) is 0 Å². The lowest BCUT2D eigenvalue weighted by Crippen LogP contribution is -2.46. The van der Waals surface area contributed by atoms with Crippen LogP contribution in [0.5, 0.6) is 0 Å². The normalized spacial score (nSPS) is 14.0. The zero-order valence-electron chi connectivity index (χ0n) is 14.6. The molecule has 0 unspecified atom stereocenters. The molecule has 1 aromatic carbocycles. The molecule has 1 aromatic heterocycles.